The van der Waals surface area contributed by atoms with Gasteiger partial charge in [-0.2, -0.15) is 0 Å². The molecule has 234 valence electrons. The first-order valence-corrected chi connectivity index (χ1v) is 14.1. The van der Waals surface area contributed by atoms with Crippen LogP contribution in [0.3, 0.4) is 0 Å². The van der Waals surface area contributed by atoms with Gasteiger partial charge in [-0.05, 0) is 74.2 Å². The molecule has 3 aromatic carbocycles. The highest BCUT2D eigenvalue weighted by atomic mass is 19.1. The van der Waals surface area contributed by atoms with Crippen LogP contribution < -0.4 is 30.3 Å². The van der Waals surface area contributed by atoms with E-state index >= 15 is 4.39 Å². The fraction of sp³-hybridized carbons (Fsp3) is 0.250. The number of primary amides is 1. The molecule has 11 nitrogen and oxygen atoms in total. The van der Waals surface area contributed by atoms with E-state index in [2.05, 4.69) is 4.98 Å². The predicted octanol–water partition coefficient (Wildman–Crippen LogP) is 5.30. The lowest BCUT2D eigenvalue weighted by Gasteiger charge is -2.26. The summed E-state index contributed by atoms with van der Waals surface area (Å²) in [7, 11) is 1.48. The van der Waals surface area contributed by atoms with E-state index < -0.39 is 34.8 Å². The van der Waals surface area contributed by atoms with Gasteiger partial charge in [-0.3, -0.25) is 29.5 Å². The first-order chi connectivity index (χ1) is 21.7. The standard InChI is InChI=1S/C32H30F2N4O7/c1-43-27-18-24-22(17-28(27)44-15-3-2-4-29(39)37-42)25(11-14-36-24)45-26-10-9-21(16-23(26)34)38(20-7-5-19(33)6-8-20)31(41)32(12-13-32)30(35)40/h5-11,14,16-18,42H,2-4,12-13,15H2,1H3,(H2,35,40)(H,37,39). The second kappa shape index (κ2) is 13.1. The number of pyridine rings is 1. The number of halogens is 2. The van der Waals surface area contributed by atoms with Crippen LogP contribution in [0.15, 0.2) is 66.9 Å². The number of hydroxylamine groups is 1. The number of fused-ring (bicyclic) bond motifs is 1. The third-order valence-corrected chi connectivity index (χ3v) is 7.48. The van der Waals surface area contributed by atoms with Crippen LogP contribution in [0.25, 0.3) is 10.9 Å². The molecular weight excluding hydrogens is 590 g/mol. The number of carbonyl (C=O) groups excluding carboxylic acids is 3. The Morgan fingerprint density at radius 1 is 0.956 bits per heavy atom. The molecule has 0 bridgehead atoms. The number of methoxy groups -OCH3 is 1. The van der Waals surface area contributed by atoms with E-state index in [9.17, 15) is 18.8 Å². The molecule has 0 spiro atoms. The van der Waals surface area contributed by atoms with Crippen molar-refractivity contribution in [3.63, 3.8) is 0 Å². The average Bonchev–Trinajstić information content (AvgIpc) is 3.85. The number of hydrogen-bond donors (Lipinski definition) is 3. The average molecular weight is 621 g/mol. The number of rotatable bonds is 13. The number of nitrogens with two attached hydrogens (primary N) is 1. The highest BCUT2D eigenvalue weighted by Crippen LogP contribution is 2.49. The molecule has 5 rings (SSSR count). The largest absolute Gasteiger partial charge is 0.493 e. The van der Waals surface area contributed by atoms with E-state index in [0.29, 0.717) is 35.2 Å². The number of carbonyl (C=O) groups is 3. The summed E-state index contributed by atoms with van der Waals surface area (Å²) in [5.74, 6) is -2.35. The fourth-order valence-corrected chi connectivity index (χ4v) is 4.82. The first-order valence-electron chi connectivity index (χ1n) is 14.1. The normalized spacial score (nSPS) is 13.2. The lowest BCUT2D eigenvalue weighted by atomic mass is 10.0. The summed E-state index contributed by atoms with van der Waals surface area (Å²) in [6, 6.07) is 13.8. The van der Waals surface area contributed by atoms with E-state index in [-0.39, 0.29) is 48.7 Å². The SMILES string of the molecule is COc1cc2nccc(Oc3ccc(N(C(=O)C4(C(N)=O)CC4)c4ccc(F)cc4)cc3F)c2cc1OCCCCC(=O)NO. The molecule has 1 saturated carbocycles. The Bertz CT molecular complexity index is 1750. The molecule has 0 atom stereocenters. The summed E-state index contributed by atoms with van der Waals surface area (Å²) in [5.41, 5.74) is 6.53. The smallest absolute Gasteiger partial charge is 0.247 e. The summed E-state index contributed by atoms with van der Waals surface area (Å²) >= 11 is 0. The Labute approximate surface area is 256 Å². The molecule has 13 heteroatoms. The molecule has 1 aliphatic carbocycles. The second-order valence-electron chi connectivity index (χ2n) is 10.4. The van der Waals surface area contributed by atoms with E-state index in [1.54, 1.807) is 23.7 Å². The second-order valence-corrected chi connectivity index (χ2v) is 10.4. The van der Waals surface area contributed by atoms with Crippen LogP contribution in [0.5, 0.6) is 23.0 Å². The Balaban J connectivity index is 1.42. The molecule has 0 saturated heterocycles. The maximum Gasteiger partial charge on any atom is 0.247 e. The lowest BCUT2D eigenvalue weighted by molar-refractivity contribution is -0.133. The number of benzene rings is 3. The first kappa shape index (κ1) is 31.1. The molecule has 1 fully saturated rings. The molecule has 4 aromatic rings. The van der Waals surface area contributed by atoms with Crippen molar-refractivity contribution < 1.29 is 42.6 Å². The van der Waals surface area contributed by atoms with Crippen LogP contribution >= 0.6 is 0 Å². The zero-order valence-electron chi connectivity index (χ0n) is 24.2. The Kier molecular flexibility index (Phi) is 9.09. The van der Waals surface area contributed by atoms with Gasteiger partial charge in [0.15, 0.2) is 23.1 Å². The van der Waals surface area contributed by atoms with E-state index in [1.807, 2.05) is 0 Å². The zero-order chi connectivity index (χ0) is 32.1. The van der Waals surface area contributed by atoms with Crippen LogP contribution in [0.1, 0.15) is 32.1 Å². The predicted molar refractivity (Wildman–Crippen MR) is 158 cm³/mol. The van der Waals surface area contributed by atoms with Gasteiger partial charge in [0.05, 0.1) is 24.9 Å². The van der Waals surface area contributed by atoms with Crippen LogP contribution in [-0.2, 0) is 14.4 Å². The van der Waals surface area contributed by atoms with Crippen LogP contribution in [0.2, 0.25) is 0 Å². The number of amides is 3. The quantitative estimate of drug-likeness (QED) is 0.0788. The Morgan fingerprint density at radius 3 is 2.33 bits per heavy atom. The van der Waals surface area contributed by atoms with Crippen molar-refractivity contribution in [2.24, 2.45) is 11.1 Å². The Hall–Kier alpha value is -5.30. The number of unbranched alkanes of at least 4 members (excludes halogenated alkanes) is 1. The van der Waals surface area contributed by atoms with Gasteiger partial charge in [0.25, 0.3) is 0 Å². The molecule has 1 aliphatic rings. The van der Waals surface area contributed by atoms with Crippen molar-refractivity contribution in [3.8, 4) is 23.0 Å². The van der Waals surface area contributed by atoms with Crippen LogP contribution in [0.4, 0.5) is 20.2 Å². The third-order valence-electron chi connectivity index (χ3n) is 7.48. The molecule has 1 heterocycles. The van der Waals surface area contributed by atoms with E-state index in [4.69, 9.17) is 25.2 Å². The maximum atomic E-state index is 15.6. The zero-order valence-corrected chi connectivity index (χ0v) is 24.2. The number of aromatic nitrogens is 1. The summed E-state index contributed by atoms with van der Waals surface area (Å²) in [6.45, 7) is 0.257. The van der Waals surface area contributed by atoms with Gasteiger partial charge < -0.3 is 19.9 Å². The summed E-state index contributed by atoms with van der Waals surface area (Å²) < 4.78 is 46.6. The third kappa shape index (κ3) is 6.63. The van der Waals surface area contributed by atoms with Gasteiger partial charge in [0.2, 0.25) is 17.7 Å². The van der Waals surface area contributed by atoms with Crippen molar-refractivity contribution in [2.75, 3.05) is 18.6 Å². The number of ether oxygens (including phenoxy) is 3. The molecule has 0 aliphatic heterocycles. The minimum Gasteiger partial charge on any atom is -0.493 e. The number of hydrogen-bond acceptors (Lipinski definition) is 8. The van der Waals surface area contributed by atoms with Crippen molar-refractivity contribution in [3.05, 3.63) is 78.5 Å². The minimum absolute atomic E-state index is 0.0977. The topological polar surface area (TPSA) is 153 Å². The highest BCUT2D eigenvalue weighted by Gasteiger charge is 2.57. The monoisotopic (exact) mass is 620 g/mol. The van der Waals surface area contributed by atoms with Gasteiger partial charge >= 0.3 is 0 Å². The van der Waals surface area contributed by atoms with Crippen molar-refractivity contribution in [2.45, 2.75) is 32.1 Å². The molecule has 0 unspecified atom stereocenters. The summed E-state index contributed by atoms with van der Waals surface area (Å²) in [5, 5.41) is 9.12. The molecule has 4 N–H and O–H groups in total. The van der Waals surface area contributed by atoms with Crippen LogP contribution in [0, 0.1) is 17.0 Å². The van der Waals surface area contributed by atoms with Crippen LogP contribution in [-0.4, -0.2) is 41.6 Å². The molecule has 1 aromatic heterocycles. The minimum atomic E-state index is -1.41. The van der Waals surface area contributed by atoms with Crippen molar-refractivity contribution in [1.29, 1.82) is 0 Å². The van der Waals surface area contributed by atoms with Gasteiger partial charge in [-0.1, -0.05) is 0 Å². The highest BCUT2D eigenvalue weighted by molar-refractivity contribution is 6.16. The number of nitrogens with zero attached hydrogens (tertiary/aromatic N) is 2. The van der Waals surface area contributed by atoms with Crippen molar-refractivity contribution in [1.82, 2.24) is 10.5 Å². The van der Waals surface area contributed by atoms with Gasteiger partial charge in [0.1, 0.15) is 17.0 Å². The number of nitrogens with one attached hydrogen (secondary N) is 1. The summed E-state index contributed by atoms with van der Waals surface area (Å²) in [4.78, 5) is 42.4. The number of anilines is 2. The van der Waals surface area contributed by atoms with Gasteiger partial charge in [-0.15, -0.1) is 0 Å². The molecule has 3 amide bonds. The lowest BCUT2D eigenvalue weighted by Crippen LogP contribution is -2.41. The van der Waals surface area contributed by atoms with E-state index in [1.165, 1.54) is 37.6 Å². The maximum absolute atomic E-state index is 15.6. The fourth-order valence-electron chi connectivity index (χ4n) is 4.82. The van der Waals surface area contributed by atoms with Crippen molar-refractivity contribution >= 4 is 40.0 Å². The van der Waals surface area contributed by atoms with Gasteiger partial charge in [0, 0.05) is 35.8 Å². The molecule has 0 radical (unpaired) electrons. The van der Waals surface area contributed by atoms with E-state index in [0.717, 1.165) is 23.1 Å². The van der Waals surface area contributed by atoms with Gasteiger partial charge in [-0.25, -0.2) is 14.3 Å². The molecule has 45 heavy (non-hydrogen) atoms. The Morgan fingerprint density at radius 2 is 1.69 bits per heavy atom. The summed E-state index contributed by atoms with van der Waals surface area (Å²) in [6.07, 6.45) is 3.17. The molecular formula is C32H30F2N4O7.